The van der Waals surface area contributed by atoms with Gasteiger partial charge in [-0.15, -0.1) is 0 Å². The number of rotatable bonds is 5. The summed E-state index contributed by atoms with van der Waals surface area (Å²) in [5.74, 6) is -1.27. The number of halogens is 1. The molecule has 4 nitrogen and oxygen atoms in total. The first kappa shape index (κ1) is 18.3. The van der Waals surface area contributed by atoms with E-state index in [0.717, 1.165) is 17.2 Å². The Morgan fingerprint density at radius 2 is 1.63 bits per heavy atom. The number of amides is 2. The fourth-order valence-electron chi connectivity index (χ4n) is 2.69. The van der Waals surface area contributed by atoms with E-state index >= 15 is 0 Å². The largest absolute Gasteiger partial charge is 0.348 e. The van der Waals surface area contributed by atoms with Crippen LogP contribution in [0, 0.1) is 12.7 Å². The van der Waals surface area contributed by atoms with Crippen LogP contribution < -0.4 is 10.6 Å². The van der Waals surface area contributed by atoms with Crippen LogP contribution in [0.1, 0.15) is 31.8 Å². The third kappa shape index (κ3) is 4.58. The monoisotopic (exact) mass is 362 g/mol. The van der Waals surface area contributed by atoms with Crippen LogP contribution in [0.2, 0.25) is 0 Å². The number of nitrogens with one attached hydrogen (secondary N) is 2. The second kappa shape index (κ2) is 8.27. The van der Waals surface area contributed by atoms with E-state index in [2.05, 4.69) is 10.6 Å². The number of aryl methyl sites for hydroxylation is 1. The van der Waals surface area contributed by atoms with E-state index in [9.17, 15) is 14.0 Å². The summed E-state index contributed by atoms with van der Waals surface area (Å²) in [7, 11) is 0. The molecule has 0 atom stereocenters. The maximum absolute atomic E-state index is 13.3. The lowest BCUT2D eigenvalue weighted by atomic mass is 10.1. The van der Waals surface area contributed by atoms with Crippen LogP contribution >= 0.6 is 0 Å². The summed E-state index contributed by atoms with van der Waals surface area (Å²) in [6.45, 7) is 2.37. The summed E-state index contributed by atoms with van der Waals surface area (Å²) >= 11 is 0. The predicted molar refractivity (Wildman–Crippen MR) is 103 cm³/mol. The molecular weight excluding hydrogens is 343 g/mol. The van der Waals surface area contributed by atoms with E-state index in [4.69, 9.17) is 0 Å². The second-order valence-corrected chi connectivity index (χ2v) is 6.12. The highest BCUT2D eigenvalue weighted by Gasteiger charge is 2.14. The summed E-state index contributed by atoms with van der Waals surface area (Å²) in [6.07, 6.45) is 0. The number of benzene rings is 3. The first-order chi connectivity index (χ1) is 13.0. The van der Waals surface area contributed by atoms with Gasteiger partial charge in [0.15, 0.2) is 0 Å². The molecule has 2 N–H and O–H groups in total. The van der Waals surface area contributed by atoms with Crippen molar-refractivity contribution in [1.29, 1.82) is 0 Å². The highest BCUT2D eigenvalue weighted by atomic mass is 19.1. The van der Waals surface area contributed by atoms with Crippen LogP contribution in [0.5, 0.6) is 0 Å². The molecule has 3 rings (SSSR count). The summed E-state index contributed by atoms with van der Waals surface area (Å²) in [5, 5.41) is 5.55. The fraction of sp³-hybridized carbons (Fsp3) is 0.0909. The second-order valence-electron chi connectivity index (χ2n) is 6.12. The zero-order valence-corrected chi connectivity index (χ0v) is 14.8. The zero-order valence-electron chi connectivity index (χ0n) is 14.8. The van der Waals surface area contributed by atoms with E-state index in [1.54, 1.807) is 24.3 Å². The van der Waals surface area contributed by atoms with E-state index in [1.165, 1.54) is 18.2 Å². The van der Waals surface area contributed by atoms with Crippen molar-refractivity contribution in [3.63, 3.8) is 0 Å². The van der Waals surface area contributed by atoms with Gasteiger partial charge in [-0.3, -0.25) is 9.59 Å². The van der Waals surface area contributed by atoms with Crippen molar-refractivity contribution in [3.8, 4) is 0 Å². The molecule has 0 unspecified atom stereocenters. The molecule has 0 heterocycles. The Labute approximate surface area is 157 Å². The summed E-state index contributed by atoms with van der Waals surface area (Å²) in [4.78, 5) is 25.0. The van der Waals surface area contributed by atoms with Gasteiger partial charge >= 0.3 is 0 Å². The highest BCUT2D eigenvalue weighted by Crippen LogP contribution is 2.17. The third-order valence-corrected chi connectivity index (χ3v) is 4.21. The van der Waals surface area contributed by atoms with Crippen LogP contribution in [0.15, 0.2) is 72.8 Å². The molecule has 3 aromatic carbocycles. The molecule has 0 saturated heterocycles. The molecule has 5 heteroatoms. The number of carbonyl (C=O) groups is 2. The molecule has 0 saturated carbocycles. The first-order valence-electron chi connectivity index (χ1n) is 8.53. The minimum Gasteiger partial charge on any atom is -0.348 e. The lowest BCUT2D eigenvalue weighted by Gasteiger charge is -2.12. The van der Waals surface area contributed by atoms with Crippen LogP contribution in [0.25, 0.3) is 0 Å². The average molecular weight is 362 g/mol. The van der Waals surface area contributed by atoms with E-state index in [0.29, 0.717) is 17.8 Å². The Morgan fingerprint density at radius 1 is 0.889 bits per heavy atom. The molecule has 2 amide bonds. The van der Waals surface area contributed by atoms with Crippen LogP contribution in [0.4, 0.5) is 10.1 Å². The van der Waals surface area contributed by atoms with Crippen molar-refractivity contribution in [2.75, 3.05) is 5.32 Å². The van der Waals surface area contributed by atoms with Gasteiger partial charge in [0, 0.05) is 12.1 Å². The Kier molecular flexibility index (Phi) is 5.61. The first-order valence-corrected chi connectivity index (χ1v) is 8.53. The maximum Gasteiger partial charge on any atom is 0.255 e. The highest BCUT2D eigenvalue weighted by molar-refractivity contribution is 6.08. The molecule has 0 fully saturated rings. The van der Waals surface area contributed by atoms with E-state index in [-0.39, 0.29) is 11.5 Å². The van der Waals surface area contributed by atoms with Gasteiger partial charge in [0.2, 0.25) is 0 Å². The number of carbonyl (C=O) groups excluding carboxylic acids is 2. The lowest BCUT2D eigenvalue weighted by molar-refractivity contribution is 0.0951. The van der Waals surface area contributed by atoms with Gasteiger partial charge in [-0.1, -0.05) is 42.5 Å². The molecular formula is C22H19FN2O2. The molecule has 136 valence electrons. The molecule has 0 bridgehead atoms. The minimum atomic E-state index is -0.494. The van der Waals surface area contributed by atoms with Gasteiger partial charge < -0.3 is 10.6 Å². The van der Waals surface area contributed by atoms with Crippen molar-refractivity contribution >= 4 is 17.5 Å². The number of hydrogen-bond donors (Lipinski definition) is 2. The molecule has 0 radical (unpaired) electrons. The van der Waals surface area contributed by atoms with E-state index < -0.39 is 11.7 Å². The Bertz CT molecular complexity index is 985. The van der Waals surface area contributed by atoms with Gasteiger partial charge in [-0.2, -0.15) is 0 Å². The molecule has 0 aliphatic carbocycles. The van der Waals surface area contributed by atoms with Crippen LogP contribution in [-0.4, -0.2) is 11.8 Å². The Balaban J connectivity index is 1.74. The third-order valence-electron chi connectivity index (χ3n) is 4.21. The standard InChI is InChI=1S/C22H19FN2O2/c1-15-7-2-3-8-17(15)14-24-22(27)19-11-4-5-12-20(19)25-21(26)16-9-6-10-18(23)13-16/h2-13H,14H2,1H3,(H,24,27)(H,25,26). The quantitative estimate of drug-likeness (QED) is 0.710. The number of anilines is 1. The smallest absolute Gasteiger partial charge is 0.255 e. The van der Waals surface area contributed by atoms with Crippen molar-refractivity contribution in [2.24, 2.45) is 0 Å². The maximum atomic E-state index is 13.3. The topological polar surface area (TPSA) is 58.2 Å². The SMILES string of the molecule is Cc1ccccc1CNC(=O)c1ccccc1NC(=O)c1cccc(F)c1. The molecule has 3 aromatic rings. The van der Waals surface area contributed by atoms with Gasteiger partial charge in [0.25, 0.3) is 11.8 Å². The van der Waals surface area contributed by atoms with Crippen molar-refractivity contribution in [3.05, 3.63) is 101 Å². The van der Waals surface area contributed by atoms with Crippen LogP contribution in [0.3, 0.4) is 0 Å². The Morgan fingerprint density at radius 3 is 2.41 bits per heavy atom. The zero-order chi connectivity index (χ0) is 19.2. The van der Waals surface area contributed by atoms with E-state index in [1.807, 2.05) is 31.2 Å². The molecule has 27 heavy (non-hydrogen) atoms. The minimum absolute atomic E-state index is 0.185. The van der Waals surface area contributed by atoms with Crippen molar-refractivity contribution in [2.45, 2.75) is 13.5 Å². The normalized spacial score (nSPS) is 10.3. The Hall–Kier alpha value is -3.47. The van der Waals surface area contributed by atoms with Gasteiger partial charge in [-0.25, -0.2) is 4.39 Å². The molecule has 0 aliphatic rings. The summed E-state index contributed by atoms with van der Waals surface area (Å²) in [5.41, 5.74) is 3.01. The average Bonchev–Trinajstić information content (AvgIpc) is 2.67. The van der Waals surface area contributed by atoms with Gasteiger partial charge in [0.1, 0.15) is 5.82 Å². The molecule has 0 spiro atoms. The number of para-hydroxylation sites is 1. The molecule has 0 aliphatic heterocycles. The lowest BCUT2D eigenvalue weighted by Crippen LogP contribution is -2.25. The summed E-state index contributed by atoms with van der Waals surface area (Å²) < 4.78 is 13.3. The van der Waals surface area contributed by atoms with Gasteiger partial charge in [0.05, 0.1) is 11.3 Å². The summed E-state index contributed by atoms with van der Waals surface area (Å²) in [6, 6.07) is 19.9. The fourth-order valence-corrected chi connectivity index (χ4v) is 2.69. The van der Waals surface area contributed by atoms with Crippen molar-refractivity contribution in [1.82, 2.24) is 5.32 Å². The van der Waals surface area contributed by atoms with Crippen LogP contribution in [-0.2, 0) is 6.54 Å². The van der Waals surface area contributed by atoms with Crippen molar-refractivity contribution < 1.29 is 14.0 Å². The predicted octanol–water partition coefficient (Wildman–Crippen LogP) is 4.32. The number of hydrogen-bond acceptors (Lipinski definition) is 2. The molecule has 0 aromatic heterocycles. The van der Waals surface area contributed by atoms with Gasteiger partial charge in [-0.05, 0) is 48.4 Å².